The van der Waals surface area contributed by atoms with E-state index in [0.29, 0.717) is 5.75 Å². The maximum atomic E-state index is 12.8. The molecule has 0 aromatic heterocycles. The van der Waals surface area contributed by atoms with Crippen LogP contribution in [-0.2, 0) is 14.3 Å². The molecule has 2 aromatic carbocycles. The number of carboxylic acids is 1. The summed E-state index contributed by atoms with van der Waals surface area (Å²) in [6.45, 7) is 1.77. The van der Waals surface area contributed by atoms with E-state index in [2.05, 4.69) is 0 Å². The summed E-state index contributed by atoms with van der Waals surface area (Å²) >= 11 is 0. The number of carboxylic acid groups (broad SMARTS) is 1. The molecule has 35 heavy (non-hydrogen) atoms. The van der Waals surface area contributed by atoms with Crippen molar-refractivity contribution in [1.82, 2.24) is 0 Å². The Balaban J connectivity index is 1.88. The van der Waals surface area contributed by atoms with Crippen LogP contribution in [0.3, 0.4) is 0 Å². The average Bonchev–Trinajstić information content (AvgIpc) is 2.81. The number of esters is 2. The van der Waals surface area contributed by atoms with Gasteiger partial charge in [-0.3, -0.25) is 0 Å². The summed E-state index contributed by atoms with van der Waals surface area (Å²) < 4.78 is 21.0. The van der Waals surface area contributed by atoms with Gasteiger partial charge in [0.15, 0.2) is 23.2 Å². The molecule has 3 rings (SSSR count). The number of carbonyl (C=O) groups is 3. The molecule has 11 nitrogen and oxygen atoms in total. The van der Waals surface area contributed by atoms with Gasteiger partial charge in [-0.15, -0.1) is 0 Å². The minimum Gasteiger partial charge on any atom is -0.504 e. The number of phenols is 1. The fourth-order valence-electron chi connectivity index (χ4n) is 3.83. The van der Waals surface area contributed by atoms with Gasteiger partial charge < -0.3 is 39.4 Å². The van der Waals surface area contributed by atoms with Crippen LogP contribution in [0.25, 0.3) is 0 Å². The molecular formula is C24H26O11. The fraction of sp³-hybridized carbons (Fsp3) is 0.375. The minimum absolute atomic E-state index is 0.000177. The van der Waals surface area contributed by atoms with Crippen molar-refractivity contribution in [3.05, 3.63) is 53.1 Å². The molecule has 1 aliphatic carbocycles. The maximum absolute atomic E-state index is 12.8. The molecule has 4 N–H and O–H groups in total. The van der Waals surface area contributed by atoms with E-state index < -0.39 is 54.7 Å². The van der Waals surface area contributed by atoms with Gasteiger partial charge in [-0.1, -0.05) is 6.07 Å². The van der Waals surface area contributed by atoms with E-state index in [1.807, 2.05) is 0 Å². The Labute approximate surface area is 200 Å². The molecule has 188 valence electrons. The van der Waals surface area contributed by atoms with Crippen molar-refractivity contribution in [1.29, 1.82) is 0 Å². The molecule has 2 aromatic rings. The standard InChI is InChI=1S/C24H26O11/c1-12-4-5-13(8-17(12)32-2)21(27)34-19-11-24(31,23(29)30)10-16(26)20(19)35-22(28)14-6-7-15(25)18(9-14)33-3/h4-9,16,19-20,25-26,31H,10-11H2,1-3H3,(H,29,30)/t16-,19-,20+,24-/m1/s1. The molecule has 0 radical (unpaired) electrons. The lowest BCUT2D eigenvalue weighted by Gasteiger charge is -2.40. The van der Waals surface area contributed by atoms with Crippen molar-refractivity contribution >= 4 is 17.9 Å². The number of hydrogen-bond donors (Lipinski definition) is 4. The zero-order chi connectivity index (χ0) is 25.9. The van der Waals surface area contributed by atoms with E-state index in [-0.39, 0.29) is 22.6 Å². The highest BCUT2D eigenvalue weighted by Gasteiger charge is 2.52. The Morgan fingerprint density at radius 3 is 2.09 bits per heavy atom. The molecule has 1 saturated carbocycles. The summed E-state index contributed by atoms with van der Waals surface area (Å²) in [6, 6.07) is 8.17. The molecule has 0 bridgehead atoms. The molecule has 0 heterocycles. The van der Waals surface area contributed by atoms with E-state index in [4.69, 9.17) is 18.9 Å². The Morgan fingerprint density at radius 2 is 1.49 bits per heavy atom. The molecule has 11 heteroatoms. The van der Waals surface area contributed by atoms with Gasteiger partial charge in [0.25, 0.3) is 0 Å². The minimum atomic E-state index is -2.42. The lowest BCUT2D eigenvalue weighted by molar-refractivity contribution is -0.187. The third kappa shape index (κ3) is 5.47. The number of rotatable bonds is 7. The normalized spacial score (nSPS) is 23.7. The lowest BCUT2D eigenvalue weighted by Crippen LogP contribution is -2.58. The highest BCUT2D eigenvalue weighted by atomic mass is 16.6. The number of methoxy groups -OCH3 is 2. The second-order valence-corrected chi connectivity index (χ2v) is 8.20. The van der Waals surface area contributed by atoms with Crippen LogP contribution in [0.5, 0.6) is 17.2 Å². The molecular weight excluding hydrogens is 464 g/mol. The van der Waals surface area contributed by atoms with Crippen LogP contribution in [0.1, 0.15) is 39.1 Å². The van der Waals surface area contributed by atoms with E-state index >= 15 is 0 Å². The number of aliphatic carboxylic acids is 1. The quantitative estimate of drug-likeness (QED) is 0.414. The van der Waals surface area contributed by atoms with Crippen molar-refractivity contribution in [2.75, 3.05) is 14.2 Å². The van der Waals surface area contributed by atoms with Gasteiger partial charge in [0, 0.05) is 12.8 Å². The van der Waals surface area contributed by atoms with Gasteiger partial charge in [0.05, 0.1) is 31.5 Å². The van der Waals surface area contributed by atoms with Gasteiger partial charge in [0.1, 0.15) is 11.9 Å². The first kappa shape index (κ1) is 25.8. The second-order valence-electron chi connectivity index (χ2n) is 8.20. The molecule has 0 aliphatic heterocycles. The van der Waals surface area contributed by atoms with Crippen molar-refractivity contribution in [2.24, 2.45) is 0 Å². The van der Waals surface area contributed by atoms with E-state index in [0.717, 1.165) is 5.56 Å². The number of benzene rings is 2. The molecule has 0 unspecified atom stereocenters. The third-order valence-electron chi connectivity index (χ3n) is 5.79. The van der Waals surface area contributed by atoms with Crippen LogP contribution in [0.2, 0.25) is 0 Å². The third-order valence-corrected chi connectivity index (χ3v) is 5.79. The molecule has 1 fully saturated rings. The Hall–Kier alpha value is -3.83. The Morgan fingerprint density at radius 1 is 0.914 bits per heavy atom. The largest absolute Gasteiger partial charge is 0.504 e. The summed E-state index contributed by atoms with van der Waals surface area (Å²) in [7, 11) is 2.72. The second kappa shape index (κ2) is 10.2. The van der Waals surface area contributed by atoms with Crippen molar-refractivity contribution in [3.8, 4) is 17.2 Å². The van der Waals surface area contributed by atoms with Crippen LogP contribution < -0.4 is 9.47 Å². The van der Waals surface area contributed by atoms with Crippen LogP contribution >= 0.6 is 0 Å². The first-order valence-electron chi connectivity index (χ1n) is 10.6. The number of phenolic OH excluding ortho intramolecular Hbond substituents is 1. The zero-order valence-electron chi connectivity index (χ0n) is 19.3. The first-order valence-corrected chi connectivity index (χ1v) is 10.6. The predicted molar refractivity (Wildman–Crippen MR) is 119 cm³/mol. The van der Waals surface area contributed by atoms with Crippen molar-refractivity contribution in [3.63, 3.8) is 0 Å². The van der Waals surface area contributed by atoms with Gasteiger partial charge in [-0.25, -0.2) is 14.4 Å². The summed E-state index contributed by atoms with van der Waals surface area (Å²) in [6.07, 6.45) is -5.95. The van der Waals surface area contributed by atoms with E-state index in [9.17, 15) is 34.8 Å². The monoisotopic (exact) mass is 490 g/mol. The predicted octanol–water partition coefficient (Wildman–Crippen LogP) is 1.44. The van der Waals surface area contributed by atoms with Crippen molar-refractivity contribution < 1.29 is 53.8 Å². The SMILES string of the molecule is COc1cc(C(=O)O[C@@H]2C[C@@](O)(C(=O)O)C[C@@H](O)[C@@H]2OC(=O)c2ccc(O)c(OC)c2)ccc1C. The molecule has 0 amide bonds. The Kier molecular flexibility index (Phi) is 7.51. The highest BCUT2D eigenvalue weighted by molar-refractivity contribution is 5.91. The summed E-state index contributed by atoms with van der Waals surface area (Å²) in [5.41, 5.74) is -1.63. The van der Waals surface area contributed by atoms with Crippen LogP contribution in [-0.4, -0.2) is 76.5 Å². The van der Waals surface area contributed by atoms with E-state index in [1.54, 1.807) is 13.0 Å². The number of hydrogen-bond acceptors (Lipinski definition) is 10. The molecule has 4 atom stereocenters. The highest BCUT2D eigenvalue weighted by Crippen LogP contribution is 2.35. The number of aliphatic hydroxyl groups is 2. The fourth-order valence-corrected chi connectivity index (χ4v) is 3.83. The lowest BCUT2D eigenvalue weighted by atomic mass is 9.79. The van der Waals surface area contributed by atoms with Crippen LogP contribution in [0.4, 0.5) is 0 Å². The van der Waals surface area contributed by atoms with Crippen molar-refractivity contribution in [2.45, 2.75) is 43.7 Å². The smallest absolute Gasteiger partial charge is 0.338 e. The Bertz CT molecular complexity index is 1130. The van der Waals surface area contributed by atoms with Crippen LogP contribution in [0, 0.1) is 6.92 Å². The summed E-state index contributed by atoms with van der Waals surface area (Å²) in [5, 5.41) is 40.3. The molecule has 1 aliphatic rings. The van der Waals surface area contributed by atoms with Gasteiger partial charge >= 0.3 is 17.9 Å². The number of aryl methyl sites for hydroxylation is 1. The summed E-state index contributed by atoms with van der Waals surface area (Å²) in [4.78, 5) is 37.2. The van der Waals surface area contributed by atoms with Gasteiger partial charge in [0.2, 0.25) is 0 Å². The molecule has 0 spiro atoms. The summed E-state index contributed by atoms with van der Waals surface area (Å²) in [5.74, 6) is -3.28. The first-order chi connectivity index (χ1) is 16.5. The number of carbonyl (C=O) groups excluding carboxylic acids is 2. The van der Waals surface area contributed by atoms with Gasteiger partial charge in [-0.2, -0.15) is 0 Å². The maximum Gasteiger partial charge on any atom is 0.338 e. The molecule has 0 saturated heterocycles. The topological polar surface area (TPSA) is 169 Å². The van der Waals surface area contributed by atoms with Crippen LogP contribution in [0.15, 0.2) is 36.4 Å². The van der Waals surface area contributed by atoms with E-state index in [1.165, 1.54) is 44.6 Å². The number of ether oxygens (including phenoxy) is 4. The zero-order valence-corrected chi connectivity index (χ0v) is 19.3. The van der Waals surface area contributed by atoms with Gasteiger partial charge in [-0.05, 0) is 42.8 Å². The number of aliphatic hydroxyl groups excluding tert-OH is 1. The average molecular weight is 490 g/mol. The number of aromatic hydroxyl groups is 1.